The third-order valence-corrected chi connectivity index (χ3v) is 13.3. The molecular weight excluding hydrogens is 699 g/mol. The van der Waals surface area contributed by atoms with E-state index in [-0.39, 0.29) is 5.41 Å². The van der Waals surface area contributed by atoms with E-state index in [2.05, 4.69) is 206 Å². The zero-order valence-corrected chi connectivity index (χ0v) is 32.8. The molecule has 1 heteroatoms. The molecule has 0 fully saturated rings. The van der Waals surface area contributed by atoms with Gasteiger partial charge in [0.25, 0.3) is 0 Å². The van der Waals surface area contributed by atoms with Crippen LogP contribution in [-0.2, 0) is 11.8 Å². The topological polar surface area (TPSA) is 4.93 Å². The molecule has 0 amide bonds. The van der Waals surface area contributed by atoms with Crippen molar-refractivity contribution in [2.24, 2.45) is 0 Å². The van der Waals surface area contributed by atoms with Gasteiger partial charge in [0, 0.05) is 27.7 Å². The van der Waals surface area contributed by atoms with Gasteiger partial charge < -0.3 is 4.57 Å². The van der Waals surface area contributed by atoms with E-state index < -0.39 is 0 Å². The molecule has 2 aliphatic carbocycles. The van der Waals surface area contributed by atoms with Crippen molar-refractivity contribution >= 4 is 49.3 Å². The number of fused-ring (bicyclic) bond motifs is 12. The van der Waals surface area contributed by atoms with Crippen LogP contribution < -0.4 is 0 Å². The zero-order chi connectivity index (χ0) is 38.5. The second kappa shape index (κ2) is 12.5. The third kappa shape index (κ3) is 4.83. The Balaban J connectivity index is 1.08. The highest BCUT2D eigenvalue weighted by atomic mass is 15.0. The highest BCUT2D eigenvalue weighted by Crippen LogP contribution is 2.50. The van der Waals surface area contributed by atoms with E-state index in [1.165, 1.54) is 116 Å². The maximum atomic E-state index is 2.48. The molecule has 2 aliphatic rings. The zero-order valence-electron chi connectivity index (χ0n) is 32.8. The second-order valence-electron chi connectivity index (χ2n) is 16.7. The standard InChI is InChI=1S/C57H41N/c1-57(2)53-22-12-10-20-47(53)48-30-26-39(35-54(48)57)50-32-36(37-27-31-56-52(33-37)49-21-11-13-23-55(49)58(56)40-14-4-3-5-15-40)24-28-41(50)38-25-29-46-44-18-7-6-16-42(44)43-17-8-9-19-45(43)51(46)34-38/h3-12,14-22,24-35H,13,23H2,1-2H3. The van der Waals surface area contributed by atoms with Crippen molar-refractivity contribution < 1.29 is 0 Å². The molecule has 10 aromatic rings. The first-order valence-electron chi connectivity index (χ1n) is 20.6. The van der Waals surface area contributed by atoms with E-state index in [1.54, 1.807) is 0 Å². The van der Waals surface area contributed by atoms with Crippen molar-refractivity contribution in [2.75, 3.05) is 0 Å². The van der Waals surface area contributed by atoms with Crippen LogP contribution in [0.15, 0.2) is 182 Å². The molecule has 0 unspecified atom stereocenters. The summed E-state index contributed by atoms with van der Waals surface area (Å²) in [5.74, 6) is 0. The lowest BCUT2D eigenvalue weighted by atomic mass is 9.81. The molecule has 0 spiro atoms. The summed E-state index contributed by atoms with van der Waals surface area (Å²) in [7, 11) is 0. The summed E-state index contributed by atoms with van der Waals surface area (Å²) < 4.78 is 2.48. The SMILES string of the molecule is CC1(C)c2ccccc2-c2ccc(-c3cc(-c4ccc5c(c4)c4c(n5-c5ccccc5)CCC=C4)ccc3-c3ccc4c5ccccc5c5ccccc5c4c3)cc21. The van der Waals surface area contributed by atoms with E-state index in [1.807, 2.05) is 0 Å². The normalized spacial score (nSPS) is 14.0. The molecular formula is C57H41N. The minimum atomic E-state index is -0.0911. The molecule has 0 atom stereocenters. The van der Waals surface area contributed by atoms with Crippen LogP contribution in [-0.4, -0.2) is 4.57 Å². The van der Waals surface area contributed by atoms with Crippen molar-refractivity contribution in [2.45, 2.75) is 32.1 Å². The van der Waals surface area contributed by atoms with Gasteiger partial charge in [0.15, 0.2) is 0 Å². The lowest BCUT2D eigenvalue weighted by Crippen LogP contribution is -2.14. The Bertz CT molecular complexity index is 3320. The predicted octanol–water partition coefficient (Wildman–Crippen LogP) is 15.4. The van der Waals surface area contributed by atoms with Gasteiger partial charge >= 0.3 is 0 Å². The van der Waals surface area contributed by atoms with Crippen LogP contribution in [0.2, 0.25) is 0 Å². The number of nitrogens with zero attached hydrogens (tertiary/aromatic N) is 1. The van der Waals surface area contributed by atoms with Crippen LogP contribution >= 0.6 is 0 Å². The van der Waals surface area contributed by atoms with Crippen LogP contribution in [0.4, 0.5) is 0 Å². The molecule has 1 nitrogen and oxygen atoms in total. The number of rotatable bonds is 4. The minimum absolute atomic E-state index is 0.0911. The summed E-state index contributed by atoms with van der Waals surface area (Å²) in [6, 6.07) is 66.1. The third-order valence-electron chi connectivity index (χ3n) is 13.3. The van der Waals surface area contributed by atoms with Gasteiger partial charge in [0.2, 0.25) is 0 Å². The maximum absolute atomic E-state index is 2.48. The molecule has 12 rings (SSSR count). The molecule has 274 valence electrons. The Morgan fingerprint density at radius 2 is 0.983 bits per heavy atom. The van der Waals surface area contributed by atoms with Crippen LogP contribution in [0, 0.1) is 0 Å². The van der Waals surface area contributed by atoms with Gasteiger partial charge in [-0.25, -0.2) is 0 Å². The van der Waals surface area contributed by atoms with Crippen molar-refractivity contribution in [3.8, 4) is 50.2 Å². The average Bonchev–Trinajstić information content (AvgIpc) is 3.74. The molecule has 0 aliphatic heterocycles. The first kappa shape index (κ1) is 33.2. The summed E-state index contributed by atoms with van der Waals surface area (Å²) in [4.78, 5) is 0. The van der Waals surface area contributed by atoms with Gasteiger partial charge in [-0.15, -0.1) is 0 Å². The molecule has 0 saturated carbocycles. The fraction of sp³-hybridized carbons (Fsp3) is 0.0877. The monoisotopic (exact) mass is 739 g/mol. The molecule has 9 aromatic carbocycles. The molecule has 58 heavy (non-hydrogen) atoms. The number of para-hydroxylation sites is 1. The Morgan fingerprint density at radius 1 is 0.414 bits per heavy atom. The van der Waals surface area contributed by atoms with Crippen LogP contribution in [0.3, 0.4) is 0 Å². The Kier molecular flexibility index (Phi) is 7.17. The van der Waals surface area contributed by atoms with Gasteiger partial charge in [-0.2, -0.15) is 0 Å². The number of hydrogen-bond acceptors (Lipinski definition) is 0. The lowest BCUT2D eigenvalue weighted by Gasteiger charge is -2.22. The van der Waals surface area contributed by atoms with Crippen LogP contribution in [0.1, 0.15) is 42.7 Å². The average molecular weight is 740 g/mol. The van der Waals surface area contributed by atoms with Crippen molar-refractivity contribution in [3.63, 3.8) is 0 Å². The summed E-state index contributed by atoms with van der Waals surface area (Å²) in [5, 5.41) is 9.09. The number of allylic oxidation sites excluding steroid dienone is 1. The quantitative estimate of drug-likeness (QED) is 0.158. The maximum Gasteiger partial charge on any atom is 0.0538 e. The van der Waals surface area contributed by atoms with Crippen molar-refractivity contribution in [1.82, 2.24) is 4.57 Å². The fourth-order valence-corrected chi connectivity index (χ4v) is 10.4. The Morgan fingerprint density at radius 3 is 1.78 bits per heavy atom. The molecule has 1 heterocycles. The van der Waals surface area contributed by atoms with Gasteiger partial charge in [0.1, 0.15) is 0 Å². The van der Waals surface area contributed by atoms with E-state index in [0.717, 1.165) is 12.8 Å². The van der Waals surface area contributed by atoms with Gasteiger partial charge in [-0.1, -0.05) is 159 Å². The van der Waals surface area contributed by atoms with E-state index in [4.69, 9.17) is 0 Å². The van der Waals surface area contributed by atoms with Crippen molar-refractivity contribution in [1.29, 1.82) is 0 Å². The summed E-state index contributed by atoms with van der Waals surface area (Å²) >= 11 is 0. The first-order valence-corrected chi connectivity index (χ1v) is 20.6. The molecule has 0 bridgehead atoms. The first-order chi connectivity index (χ1) is 28.5. The Labute approximate surface area is 339 Å². The molecule has 0 radical (unpaired) electrons. The van der Waals surface area contributed by atoms with E-state index >= 15 is 0 Å². The lowest BCUT2D eigenvalue weighted by molar-refractivity contribution is 0.660. The van der Waals surface area contributed by atoms with Crippen LogP contribution in [0.25, 0.3) is 99.5 Å². The summed E-state index contributed by atoms with van der Waals surface area (Å²) in [5.41, 5.74) is 18.1. The molecule has 1 aromatic heterocycles. The smallest absolute Gasteiger partial charge is 0.0538 e. The fourth-order valence-electron chi connectivity index (χ4n) is 10.4. The summed E-state index contributed by atoms with van der Waals surface area (Å²) in [6.45, 7) is 4.76. The van der Waals surface area contributed by atoms with Crippen LogP contribution in [0.5, 0.6) is 0 Å². The Hall–Kier alpha value is -6.96. The minimum Gasteiger partial charge on any atom is -0.313 e. The number of hydrogen-bond donors (Lipinski definition) is 0. The van der Waals surface area contributed by atoms with Gasteiger partial charge in [-0.3, -0.25) is 0 Å². The second-order valence-corrected chi connectivity index (χ2v) is 16.7. The summed E-state index contributed by atoms with van der Waals surface area (Å²) in [6.07, 6.45) is 6.78. The molecule has 0 N–H and O–H groups in total. The van der Waals surface area contributed by atoms with E-state index in [0.29, 0.717) is 0 Å². The molecule has 0 saturated heterocycles. The largest absolute Gasteiger partial charge is 0.313 e. The van der Waals surface area contributed by atoms with Gasteiger partial charge in [-0.05, 0) is 143 Å². The number of benzene rings is 9. The van der Waals surface area contributed by atoms with Gasteiger partial charge in [0.05, 0.1) is 5.52 Å². The highest BCUT2D eigenvalue weighted by molar-refractivity contribution is 6.25. The highest BCUT2D eigenvalue weighted by Gasteiger charge is 2.35. The number of aromatic nitrogens is 1. The predicted molar refractivity (Wildman–Crippen MR) is 247 cm³/mol. The van der Waals surface area contributed by atoms with Crippen molar-refractivity contribution in [3.05, 3.63) is 204 Å². The van der Waals surface area contributed by atoms with E-state index in [9.17, 15) is 0 Å².